The van der Waals surface area contributed by atoms with Crippen molar-refractivity contribution < 1.29 is 4.74 Å². The molecule has 0 aliphatic carbocycles. The topological polar surface area (TPSA) is 9.23 Å². The van der Waals surface area contributed by atoms with Crippen molar-refractivity contribution in [3.8, 4) is 0 Å². The van der Waals surface area contributed by atoms with Crippen LogP contribution in [-0.2, 0) is 4.74 Å². The Bertz CT molecular complexity index is 251. The lowest BCUT2D eigenvalue weighted by molar-refractivity contribution is 0.156. The first-order valence-electron chi connectivity index (χ1n) is 5.70. The summed E-state index contributed by atoms with van der Waals surface area (Å²) in [6.07, 6.45) is 4.49. The van der Waals surface area contributed by atoms with Crippen molar-refractivity contribution in [2.24, 2.45) is 10.8 Å². The van der Waals surface area contributed by atoms with E-state index in [0.29, 0.717) is 0 Å². The molecule has 0 aromatic heterocycles. The Morgan fingerprint density at radius 2 is 1.13 bits per heavy atom. The molecule has 0 saturated carbocycles. The summed E-state index contributed by atoms with van der Waals surface area (Å²) in [5.74, 6) is 0. The smallest absolute Gasteiger partial charge is 0.0689 e. The molecule has 1 heteroatoms. The highest BCUT2D eigenvalue weighted by atomic mass is 16.5. The molecular weight excluding hydrogens is 184 g/mol. The molecule has 1 aliphatic heterocycles. The number of ether oxygens (including phenoxy) is 1. The summed E-state index contributed by atoms with van der Waals surface area (Å²) in [4.78, 5) is 0. The van der Waals surface area contributed by atoms with E-state index in [0.717, 1.165) is 13.2 Å². The predicted molar refractivity (Wildman–Crippen MR) is 65.9 cm³/mol. The third kappa shape index (κ3) is 3.49. The van der Waals surface area contributed by atoms with Gasteiger partial charge in [0.1, 0.15) is 0 Å². The van der Waals surface area contributed by atoms with E-state index >= 15 is 0 Å². The van der Waals surface area contributed by atoms with Crippen LogP contribution in [-0.4, -0.2) is 13.2 Å². The molecule has 0 aromatic rings. The highest BCUT2D eigenvalue weighted by Crippen LogP contribution is 2.31. The highest BCUT2D eigenvalue weighted by molar-refractivity contribution is 5.26. The Morgan fingerprint density at radius 3 is 1.40 bits per heavy atom. The summed E-state index contributed by atoms with van der Waals surface area (Å²) in [5, 5.41) is 0. The summed E-state index contributed by atoms with van der Waals surface area (Å²) in [5.41, 5.74) is 3.18. The van der Waals surface area contributed by atoms with Gasteiger partial charge < -0.3 is 4.74 Å². The first kappa shape index (κ1) is 12.5. The molecule has 0 amide bonds. The normalized spacial score (nSPS) is 19.3. The maximum Gasteiger partial charge on any atom is 0.0689 e. The highest BCUT2D eigenvalue weighted by Gasteiger charge is 2.22. The summed E-state index contributed by atoms with van der Waals surface area (Å²) < 4.78 is 5.74. The fraction of sp³-hybridized carbons (Fsp3) is 0.714. The fourth-order valence-electron chi connectivity index (χ4n) is 1.50. The maximum absolute atomic E-state index is 5.74. The minimum absolute atomic E-state index is 0.212. The third-order valence-corrected chi connectivity index (χ3v) is 2.93. The van der Waals surface area contributed by atoms with Gasteiger partial charge in [0.05, 0.1) is 13.2 Å². The second kappa shape index (κ2) is 4.13. The molecule has 86 valence electrons. The molecule has 0 spiro atoms. The Balaban J connectivity index is 2.91. The van der Waals surface area contributed by atoms with Crippen LogP contribution in [0.1, 0.15) is 41.5 Å². The Hall–Kier alpha value is -0.560. The van der Waals surface area contributed by atoms with Crippen molar-refractivity contribution >= 4 is 0 Å². The van der Waals surface area contributed by atoms with Gasteiger partial charge >= 0.3 is 0 Å². The van der Waals surface area contributed by atoms with Gasteiger partial charge in [-0.05, 0) is 22.0 Å². The Kier molecular flexibility index (Phi) is 3.44. The van der Waals surface area contributed by atoms with Crippen LogP contribution in [0.5, 0.6) is 0 Å². The van der Waals surface area contributed by atoms with Crippen molar-refractivity contribution in [2.45, 2.75) is 41.5 Å². The lowest BCUT2D eigenvalue weighted by atomic mass is 9.85. The summed E-state index contributed by atoms with van der Waals surface area (Å²) in [6, 6.07) is 0. The SMILES string of the molecule is CC(C)(C)C1=CC=C(C(C)(C)C)COC1. The second-order valence-corrected chi connectivity index (χ2v) is 6.38. The van der Waals surface area contributed by atoms with Crippen molar-refractivity contribution in [3.63, 3.8) is 0 Å². The van der Waals surface area contributed by atoms with Crippen LogP contribution < -0.4 is 0 Å². The molecule has 0 fully saturated rings. The van der Waals surface area contributed by atoms with Gasteiger partial charge in [-0.25, -0.2) is 0 Å². The molecule has 1 aliphatic rings. The average Bonchev–Trinajstić information content (AvgIpc) is 2.24. The van der Waals surface area contributed by atoms with Gasteiger partial charge in [0, 0.05) is 0 Å². The van der Waals surface area contributed by atoms with E-state index in [9.17, 15) is 0 Å². The molecule has 0 N–H and O–H groups in total. The average molecular weight is 208 g/mol. The van der Waals surface area contributed by atoms with Crippen molar-refractivity contribution in [1.82, 2.24) is 0 Å². The molecule has 15 heavy (non-hydrogen) atoms. The minimum atomic E-state index is 0.212. The Labute approximate surface area is 94.2 Å². The van der Waals surface area contributed by atoms with E-state index in [1.165, 1.54) is 11.1 Å². The lowest BCUT2D eigenvalue weighted by Crippen LogP contribution is -2.16. The van der Waals surface area contributed by atoms with Gasteiger partial charge in [0.25, 0.3) is 0 Å². The maximum atomic E-state index is 5.74. The van der Waals surface area contributed by atoms with Gasteiger partial charge in [0.2, 0.25) is 0 Å². The standard InChI is InChI=1S/C14H24O/c1-13(2,3)11-7-8-12(10-15-9-11)14(4,5)6/h7-8H,9-10H2,1-6H3. The molecule has 0 atom stereocenters. The van der Waals surface area contributed by atoms with E-state index in [4.69, 9.17) is 4.74 Å². The largest absolute Gasteiger partial charge is 0.373 e. The van der Waals surface area contributed by atoms with Gasteiger partial charge in [-0.2, -0.15) is 0 Å². The first-order chi connectivity index (χ1) is 6.71. The number of hydrogen-bond acceptors (Lipinski definition) is 1. The van der Waals surface area contributed by atoms with E-state index in [2.05, 4.69) is 53.7 Å². The lowest BCUT2D eigenvalue weighted by Gasteiger charge is -2.22. The zero-order valence-corrected chi connectivity index (χ0v) is 11.0. The molecular formula is C14H24O. The van der Waals surface area contributed by atoms with Gasteiger partial charge in [-0.3, -0.25) is 0 Å². The van der Waals surface area contributed by atoms with Crippen LogP contribution in [0.15, 0.2) is 23.3 Å². The Morgan fingerprint density at radius 1 is 0.800 bits per heavy atom. The van der Waals surface area contributed by atoms with Gasteiger partial charge in [-0.1, -0.05) is 53.7 Å². The van der Waals surface area contributed by atoms with Crippen LogP contribution in [0.4, 0.5) is 0 Å². The van der Waals surface area contributed by atoms with Crippen LogP contribution >= 0.6 is 0 Å². The quantitative estimate of drug-likeness (QED) is 0.585. The number of hydrogen-bond donors (Lipinski definition) is 0. The summed E-state index contributed by atoms with van der Waals surface area (Å²) >= 11 is 0. The van der Waals surface area contributed by atoms with E-state index in [-0.39, 0.29) is 10.8 Å². The van der Waals surface area contributed by atoms with E-state index in [1.54, 1.807) is 0 Å². The molecule has 1 nitrogen and oxygen atoms in total. The number of allylic oxidation sites excluding steroid dienone is 2. The predicted octanol–water partition coefficient (Wildman–Crippen LogP) is 3.96. The summed E-state index contributed by atoms with van der Waals surface area (Å²) in [7, 11) is 0. The fourth-order valence-corrected chi connectivity index (χ4v) is 1.50. The zero-order valence-electron chi connectivity index (χ0n) is 11.0. The van der Waals surface area contributed by atoms with Crippen molar-refractivity contribution in [1.29, 1.82) is 0 Å². The number of rotatable bonds is 0. The molecule has 1 rings (SSSR count). The van der Waals surface area contributed by atoms with E-state index in [1.807, 2.05) is 0 Å². The van der Waals surface area contributed by atoms with Gasteiger partial charge in [-0.15, -0.1) is 0 Å². The van der Waals surface area contributed by atoms with Crippen LogP contribution in [0.3, 0.4) is 0 Å². The molecule has 0 saturated heterocycles. The molecule has 0 unspecified atom stereocenters. The minimum Gasteiger partial charge on any atom is -0.373 e. The van der Waals surface area contributed by atoms with Crippen LogP contribution in [0.2, 0.25) is 0 Å². The van der Waals surface area contributed by atoms with Crippen molar-refractivity contribution in [2.75, 3.05) is 13.2 Å². The molecule has 0 radical (unpaired) electrons. The summed E-state index contributed by atoms with van der Waals surface area (Å²) in [6.45, 7) is 14.9. The monoisotopic (exact) mass is 208 g/mol. The van der Waals surface area contributed by atoms with Crippen LogP contribution in [0.25, 0.3) is 0 Å². The van der Waals surface area contributed by atoms with E-state index < -0.39 is 0 Å². The third-order valence-electron chi connectivity index (χ3n) is 2.93. The second-order valence-electron chi connectivity index (χ2n) is 6.38. The van der Waals surface area contributed by atoms with Gasteiger partial charge in [0.15, 0.2) is 0 Å². The zero-order chi connectivity index (χ0) is 11.7. The molecule has 0 bridgehead atoms. The molecule has 1 heterocycles. The van der Waals surface area contributed by atoms with Crippen molar-refractivity contribution in [3.05, 3.63) is 23.3 Å². The van der Waals surface area contributed by atoms with Crippen LogP contribution in [0, 0.1) is 10.8 Å². The molecule has 0 aromatic carbocycles. The first-order valence-corrected chi connectivity index (χ1v) is 5.70.